The molecule has 1 aromatic heterocycles. The van der Waals surface area contributed by atoms with E-state index in [1.807, 2.05) is 6.92 Å². The van der Waals surface area contributed by atoms with Gasteiger partial charge in [-0.1, -0.05) is 0 Å². The summed E-state index contributed by atoms with van der Waals surface area (Å²) in [5.41, 5.74) is 0.964. The molecule has 98 valence electrons. The van der Waals surface area contributed by atoms with Gasteiger partial charge in [0.05, 0.1) is 11.3 Å². The average molecular weight is 258 g/mol. The second kappa shape index (κ2) is 5.39. The second-order valence-electron chi connectivity index (χ2n) is 3.97. The van der Waals surface area contributed by atoms with E-state index in [0.29, 0.717) is 6.54 Å². The zero-order chi connectivity index (χ0) is 13.8. The molecule has 19 heavy (non-hydrogen) atoms. The molecule has 0 atom stereocenters. The molecule has 2 aromatic rings. The minimum atomic E-state index is -0.332. The number of aromatic nitrogens is 2. The Balaban J connectivity index is 2.21. The summed E-state index contributed by atoms with van der Waals surface area (Å²) in [6.07, 6.45) is 4.67. The summed E-state index contributed by atoms with van der Waals surface area (Å²) in [5, 5.41) is 22.8. The summed E-state index contributed by atoms with van der Waals surface area (Å²) < 4.78 is 1.75. The first-order valence-corrected chi connectivity index (χ1v) is 5.88. The molecule has 0 unspecified atom stereocenters. The largest absolute Gasteiger partial charge is 0.508 e. The van der Waals surface area contributed by atoms with Gasteiger partial charge >= 0.3 is 0 Å². The molecule has 2 N–H and O–H groups in total. The van der Waals surface area contributed by atoms with Crippen molar-refractivity contribution in [3.63, 3.8) is 0 Å². The maximum atomic E-state index is 11.9. The lowest BCUT2D eigenvalue weighted by Crippen LogP contribution is -1.99. The minimum Gasteiger partial charge on any atom is -0.508 e. The fourth-order valence-corrected chi connectivity index (χ4v) is 1.73. The molecule has 0 spiro atoms. The van der Waals surface area contributed by atoms with Crippen molar-refractivity contribution in [2.75, 3.05) is 0 Å². The Kier molecular flexibility index (Phi) is 3.66. The smallest absolute Gasteiger partial charge is 0.189 e. The molecule has 0 amide bonds. The van der Waals surface area contributed by atoms with Gasteiger partial charge in [-0.2, -0.15) is 5.10 Å². The first-order chi connectivity index (χ1) is 9.11. The summed E-state index contributed by atoms with van der Waals surface area (Å²) in [4.78, 5) is 11.9. The van der Waals surface area contributed by atoms with Crippen LogP contribution in [-0.4, -0.2) is 25.8 Å². The molecule has 5 heteroatoms. The van der Waals surface area contributed by atoms with E-state index in [4.69, 9.17) is 5.11 Å². The number of ketones is 1. The van der Waals surface area contributed by atoms with Gasteiger partial charge in [0.15, 0.2) is 5.78 Å². The maximum absolute atomic E-state index is 11.9. The first kappa shape index (κ1) is 12.9. The molecule has 0 bridgehead atoms. The van der Waals surface area contributed by atoms with Gasteiger partial charge in [-0.25, -0.2) is 0 Å². The highest BCUT2D eigenvalue weighted by Crippen LogP contribution is 2.23. The lowest BCUT2D eigenvalue weighted by atomic mass is 10.1. The van der Waals surface area contributed by atoms with Crippen molar-refractivity contribution < 1.29 is 15.0 Å². The third-order valence-electron chi connectivity index (χ3n) is 2.70. The predicted octanol–water partition coefficient (Wildman–Crippen LogP) is 2.21. The number of allylic oxidation sites excluding steroid dienone is 1. The molecule has 0 saturated carbocycles. The van der Waals surface area contributed by atoms with E-state index in [1.165, 1.54) is 18.2 Å². The minimum absolute atomic E-state index is 0.0814. The topological polar surface area (TPSA) is 75.4 Å². The maximum Gasteiger partial charge on any atom is 0.189 e. The normalized spacial score (nSPS) is 11.0. The Morgan fingerprint density at radius 3 is 2.84 bits per heavy atom. The van der Waals surface area contributed by atoms with E-state index >= 15 is 0 Å². The molecular weight excluding hydrogens is 244 g/mol. The molecular formula is C14H14N2O3. The molecule has 0 aliphatic rings. The van der Waals surface area contributed by atoms with Crippen molar-refractivity contribution in [3.05, 3.63) is 47.8 Å². The number of phenols is 2. The van der Waals surface area contributed by atoms with Crippen LogP contribution in [0.25, 0.3) is 6.08 Å². The predicted molar refractivity (Wildman–Crippen MR) is 71.0 cm³/mol. The average Bonchev–Trinajstić information content (AvgIpc) is 2.83. The number of nitrogens with zero attached hydrogens (tertiary/aromatic N) is 2. The van der Waals surface area contributed by atoms with E-state index in [0.717, 1.165) is 11.8 Å². The Bertz CT molecular complexity index is 629. The van der Waals surface area contributed by atoms with Crippen LogP contribution in [0.1, 0.15) is 23.0 Å². The number of carbonyl (C=O) groups is 1. The van der Waals surface area contributed by atoms with Crippen LogP contribution in [0, 0.1) is 0 Å². The Morgan fingerprint density at radius 2 is 2.16 bits per heavy atom. The van der Waals surface area contributed by atoms with Gasteiger partial charge in [0.1, 0.15) is 11.5 Å². The van der Waals surface area contributed by atoms with Crippen LogP contribution in [0.2, 0.25) is 0 Å². The summed E-state index contributed by atoms with van der Waals surface area (Å²) in [5.74, 6) is -0.651. The molecule has 0 fully saturated rings. The number of aromatic hydroxyl groups is 2. The van der Waals surface area contributed by atoms with E-state index in [2.05, 4.69) is 5.10 Å². The highest BCUT2D eigenvalue weighted by molar-refractivity contribution is 6.08. The second-order valence-corrected chi connectivity index (χ2v) is 3.97. The number of aryl methyl sites for hydroxylation is 1. The number of hydrogen-bond acceptors (Lipinski definition) is 4. The zero-order valence-electron chi connectivity index (χ0n) is 10.4. The van der Waals surface area contributed by atoms with Crippen molar-refractivity contribution in [1.82, 2.24) is 9.78 Å². The van der Waals surface area contributed by atoms with E-state index in [1.54, 1.807) is 23.0 Å². The highest BCUT2D eigenvalue weighted by atomic mass is 16.3. The quantitative estimate of drug-likeness (QED) is 0.651. The van der Waals surface area contributed by atoms with Gasteiger partial charge < -0.3 is 10.2 Å². The van der Waals surface area contributed by atoms with Crippen LogP contribution in [0.15, 0.2) is 36.5 Å². The summed E-state index contributed by atoms with van der Waals surface area (Å²) in [6, 6.07) is 5.67. The SMILES string of the molecule is CCn1nccc1/C=C/C(=O)c1ccc(O)cc1O. The van der Waals surface area contributed by atoms with Crippen molar-refractivity contribution in [3.8, 4) is 11.5 Å². The first-order valence-electron chi connectivity index (χ1n) is 5.88. The molecule has 5 nitrogen and oxygen atoms in total. The Morgan fingerprint density at radius 1 is 1.37 bits per heavy atom. The number of rotatable bonds is 4. The van der Waals surface area contributed by atoms with Crippen LogP contribution in [0.4, 0.5) is 0 Å². The van der Waals surface area contributed by atoms with E-state index < -0.39 is 0 Å². The number of carbonyl (C=O) groups excluding carboxylic acids is 1. The van der Waals surface area contributed by atoms with Gasteiger partial charge in [-0.05, 0) is 37.3 Å². The molecule has 0 saturated heterocycles. The lowest BCUT2D eigenvalue weighted by molar-refractivity contribution is 0.104. The highest BCUT2D eigenvalue weighted by Gasteiger charge is 2.09. The van der Waals surface area contributed by atoms with Crippen LogP contribution in [0.3, 0.4) is 0 Å². The third kappa shape index (κ3) is 2.82. The number of benzene rings is 1. The molecule has 2 rings (SSSR count). The molecule has 0 aliphatic heterocycles. The van der Waals surface area contributed by atoms with Gasteiger partial charge in [0, 0.05) is 18.8 Å². The number of hydrogen-bond donors (Lipinski definition) is 2. The number of phenolic OH excluding ortho intramolecular Hbond substituents is 2. The van der Waals surface area contributed by atoms with Crippen LogP contribution >= 0.6 is 0 Å². The molecule has 0 radical (unpaired) electrons. The zero-order valence-corrected chi connectivity index (χ0v) is 10.4. The molecule has 1 heterocycles. The lowest BCUT2D eigenvalue weighted by Gasteiger charge is -2.01. The monoisotopic (exact) mass is 258 g/mol. The van der Waals surface area contributed by atoms with Crippen LogP contribution < -0.4 is 0 Å². The standard InChI is InChI=1S/C14H14N2O3/c1-2-16-10(7-8-15-16)3-6-13(18)12-5-4-11(17)9-14(12)19/h3-9,17,19H,2H2,1H3/b6-3+. The van der Waals surface area contributed by atoms with Crippen molar-refractivity contribution in [2.45, 2.75) is 13.5 Å². The van der Waals surface area contributed by atoms with Gasteiger partial charge in [0.2, 0.25) is 0 Å². The van der Waals surface area contributed by atoms with E-state index in [-0.39, 0.29) is 22.8 Å². The summed E-state index contributed by atoms with van der Waals surface area (Å²) in [7, 11) is 0. The van der Waals surface area contributed by atoms with Gasteiger partial charge in [-0.3, -0.25) is 9.48 Å². The summed E-state index contributed by atoms with van der Waals surface area (Å²) in [6.45, 7) is 2.67. The third-order valence-corrected chi connectivity index (χ3v) is 2.70. The van der Waals surface area contributed by atoms with Crippen molar-refractivity contribution in [1.29, 1.82) is 0 Å². The summed E-state index contributed by atoms with van der Waals surface area (Å²) >= 11 is 0. The van der Waals surface area contributed by atoms with Crippen molar-refractivity contribution >= 4 is 11.9 Å². The Hall–Kier alpha value is -2.56. The van der Waals surface area contributed by atoms with Gasteiger partial charge in [0.25, 0.3) is 0 Å². The molecule has 0 aliphatic carbocycles. The van der Waals surface area contributed by atoms with Crippen LogP contribution in [-0.2, 0) is 6.54 Å². The van der Waals surface area contributed by atoms with E-state index in [9.17, 15) is 9.90 Å². The molecule has 1 aromatic carbocycles. The van der Waals surface area contributed by atoms with Crippen molar-refractivity contribution in [2.24, 2.45) is 0 Å². The fourth-order valence-electron chi connectivity index (χ4n) is 1.73. The Labute approximate surface area is 110 Å². The van der Waals surface area contributed by atoms with Gasteiger partial charge in [-0.15, -0.1) is 0 Å². The fraction of sp³-hybridized carbons (Fsp3) is 0.143. The van der Waals surface area contributed by atoms with Crippen LogP contribution in [0.5, 0.6) is 11.5 Å².